The van der Waals surface area contributed by atoms with Crippen LogP contribution in [-0.4, -0.2) is 41.3 Å². The third kappa shape index (κ3) is 2.99. The van der Waals surface area contributed by atoms with Gasteiger partial charge in [0, 0.05) is 37.9 Å². The van der Waals surface area contributed by atoms with E-state index in [9.17, 15) is 0 Å². The summed E-state index contributed by atoms with van der Waals surface area (Å²) in [5.74, 6) is 1.29. The Morgan fingerprint density at radius 3 is 3.08 bits per heavy atom. The lowest BCUT2D eigenvalue weighted by atomic mass is 10.3. The van der Waals surface area contributed by atoms with E-state index in [0.717, 1.165) is 34.7 Å². The molecule has 0 fully saturated rings. The topological polar surface area (TPSA) is 63.8 Å². The number of hydrogen-bond acceptors (Lipinski definition) is 6. The third-order valence-corrected chi connectivity index (χ3v) is 3.65. The standard InChI is InChI=1S/C18H16N4O2/c1-22-8-7-20-14(11-22)12-23-15-4-5-17-16(9-15)21-18(24-17)13-3-2-6-19-10-13/h2-7,9-11H,8,12H2,1H3. The van der Waals surface area contributed by atoms with E-state index in [2.05, 4.69) is 19.9 Å². The SMILES string of the molecule is CN1C=C(COc2ccc3oc(-c4cccnc4)nc3c2)N=CC1. The molecule has 0 spiro atoms. The first-order chi connectivity index (χ1) is 11.8. The van der Waals surface area contributed by atoms with Gasteiger partial charge in [0.2, 0.25) is 5.89 Å². The Morgan fingerprint density at radius 2 is 2.25 bits per heavy atom. The Balaban J connectivity index is 1.54. The van der Waals surface area contributed by atoms with Gasteiger partial charge in [0.25, 0.3) is 0 Å². The number of benzene rings is 1. The fraction of sp³-hybridized carbons (Fsp3) is 0.167. The summed E-state index contributed by atoms with van der Waals surface area (Å²) in [7, 11) is 2.01. The van der Waals surface area contributed by atoms with Crippen LogP contribution >= 0.6 is 0 Å². The van der Waals surface area contributed by atoms with Gasteiger partial charge in [-0.2, -0.15) is 0 Å². The van der Waals surface area contributed by atoms with Gasteiger partial charge in [-0.15, -0.1) is 0 Å². The highest BCUT2D eigenvalue weighted by Gasteiger charge is 2.10. The number of pyridine rings is 1. The predicted octanol–water partition coefficient (Wildman–Crippen LogP) is 3.13. The van der Waals surface area contributed by atoms with Crippen LogP contribution < -0.4 is 4.74 Å². The summed E-state index contributed by atoms with van der Waals surface area (Å²) >= 11 is 0. The van der Waals surface area contributed by atoms with Crippen LogP contribution in [0.15, 0.2) is 64.0 Å². The molecule has 3 aromatic rings. The van der Waals surface area contributed by atoms with E-state index in [1.165, 1.54) is 0 Å². The quantitative estimate of drug-likeness (QED) is 0.739. The van der Waals surface area contributed by atoms with E-state index in [1.54, 1.807) is 12.4 Å². The van der Waals surface area contributed by atoms with Crippen molar-refractivity contribution in [1.82, 2.24) is 14.9 Å². The molecule has 0 unspecified atom stereocenters. The van der Waals surface area contributed by atoms with Crippen molar-refractivity contribution in [2.45, 2.75) is 0 Å². The first-order valence-corrected chi connectivity index (χ1v) is 7.65. The zero-order valence-electron chi connectivity index (χ0n) is 13.2. The molecule has 2 aromatic heterocycles. The molecular weight excluding hydrogens is 304 g/mol. The van der Waals surface area contributed by atoms with E-state index >= 15 is 0 Å². The molecule has 4 rings (SSSR count). The van der Waals surface area contributed by atoms with Gasteiger partial charge in [0.15, 0.2) is 5.58 Å². The summed E-state index contributed by atoms with van der Waals surface area (Å²) in [6.45, 7) is 1.24. The molecule has 0 amide bonds. The van der Waals surface area contributed by atoms with Crippen molar-refractivity contribution in [2.75, 3.05) is 20.2 Å². The average Bonchev–Trinajstić information content (AvgIpc) is 3.04. The van der Waals surface area contributed by atoms with Gasteiger partial charge in [-0.25, -0.2) is 4.98 Å². The summed E-state index contributed by atoms with van der Waals surface area (Å²) in [6, 6.07) is 9.38. The second-order valence-corrected chi connectivity index (χ2v) is 5.55. The Kier molecular flexibility index (Phi) is 3.70. The highest BCUT2D eigenvalue weighted by atomic mass is 16.5. The van der Waals surface area contributed by atoms with Crippen molar-refractivity contribution in [2.24, 2.45) is 4.99 Å². The lowest BCUT2D eigenvalue weighted by Crippen LogP contribution is -2.19. The van der Waals surface area contributed by atoms with Crippen molar-refractivity contribution < 1.29 is 9.15 Å². The van der Waals surface area contributed by atoms with E-state index in [4.69, 9.17) is 9.15 Å². The van der Waals surface area contributed by atoms with Gasteiger partial charge in [-0.1, -0.05) is 0 Å². The van der Waals surface area contributed by atoms with Crippen LogP contribution in [0.3, 0.4) is 0 Å². The predicted molar refractivity (Wildman–Crippen MR) is 91.9 cm³/mol. The average molecular weight is 320 g/mol. The number of hydrogen-bond donors (Lipinski definition) is 0. The maximum absolute atomic E-state index is 5.81. The van der Waals surface area contributed by atoms with Crippen LogP contribution in [0, 0.1) is 0 Å². The first-order valence-electron chi connectivity index (χ1n) is 7.65. The van der Waals surface area contributed by atoms with Crippen molar-refractivity contribution in [3.8, 4) is 17.2 Å². The molecule has 3 heterocycles. The second-order valence-electron chi connectivity index (χ2n) is 5.55. The molecule has 1 aromatic carbocycles. The van der Waals surface area contributed by atoms with Gasteiger partial charge in [0.1, 0.15) is 17.9 Å². The first kappa shape index (κ1) is 14.4. The number of ether oxygens (including phenoxy) is 1. The highest BCUT2D eigenvalue weighted by Crippen LogP contribution is 2.26. The summed E-state index contributed by atoms with van der Waals surface area (Å²) in [4.78, 5) is 15.0. The molecule has 1 aliphatic heterocycles. The number of aromatic nitrogens is 2. The van der Waals surface area contributed by atoms with Crippen molar-refractivity contribution in [3.63, 3.8) is 0 Å². The molecule has 120 valence electrons. The molecule has 0 aliphatic carbocycles. The normalized spacial score (nSPS) is 14.0. The zero-order valence-corrected chi connectivity index (χ0v) is 13.2. The summed E-state index contributed by atoms with van der Waals surface area (Å²) in [6.07, 6.45) is 7.30. The van der Waals surface area contributed by atoms with Gasteiger partial charge >= 0.3 is 0 Å². The zero-order chi connectivity index (χ0) is 16.4. The molecule has 6 heteroatoms. The van der Waals surface area contributed by atoms with Gasteiger partial charge in [-0.3, -0.25) is 9.98 Å². The molecule has 6 nitrogen and oxygen atoms in total. The smallest absolute Gasteiger partial charge is 0.228 e. The molecular formula is C18H16N4O2. The van der Waals surface area contributed by atoms with E-state index in [-0.39, 0.29) is 0 Å². The van der Waals surface area contributed by atoms with Crippen LogP contribution in [-0.2, 0) is 0 Å². The maximum atomic E-state index is 5.81. The fourth-order valence-electron chi connectivity index (χ4n) is 2.47. The lowest BCUT2D eigenvalue weighted by molar-refractivity contribution is 0.345. The number of rotatable bonds is 4. The molecule has 0 saturated heterocycles. The van der Waals surface area contributed by atoms with Crippen molar-refractivity contribution in [1.29, 1.82) is 0 Å². The molecule has 0 bridgehead atoms. The number of fused-ring (bicyclic) bond motifs is 1. The van der Waals surface area contributed by atoms with E-state index in [1.807, 2.05) is 49.8 Å². The maximum Gasteiger partial charge on any atom is 0.228 e. The van der Waals surface area contributed by atoms with E-state index < -0.39 is 0 Å². The summed E-state index contributed by atoms with van der Waals surface area (Å²) in [5, 5.41) is 0. The number of nitrogens with zero attached hydrogens (tertiary/aromatic N) is 4. The largest absolute Gasteiger partial charge is 0.487 e. The van der Waals surface area contributed by atoms with Crippen LogP contribution in [0.5, 0.6) is 5.75 Å². The third-order valence-electron chi connectivity index (χ3n) is 3.65. The van der Waals surface area contributed by atoms with Crippen LogP contribution in [0.2, 0.25) is 0 Å². The molecule has 0 atom stereocenters. The van der Waals surface area contributed by atoms with Crippen molar-refractivity contribution in [3.05, 3.63) is 54.6 Å². The van der Waals surface area contributed by atoms with Crippen LogP contribution in [0.1, 0.15) is 0 Å². The summed E-state index contributed by atoms with van der Waals surface area (Å²) < 4.78 is 11.6. The minimum absolute atomic E-state index is 0.416. The molecule has 0 radical (unpaired) electrons. The molecule has 0 saturated carbocycles. The van der Waals surface area contributed by atoms with E-state index in [0.29, 0.717) is 12.5 Å². The van der Waals surface area contributed by atoms with Gasteiger partial charge in [0.05, 0.1) is 17.8 Å². The Bertz CT molecular complexity index is 915. The second kappa shape index (κ2) is 6.16. The minimum atomic E-state index is 0.416. The molecule has 24 heavy (non-hydrogen) atoms. The molecule has 0 N–H and O–H groups in total. The van der Waals surface area contributed by atoms with Crippen molar-refractivity contribution >= 4 is 17.3 Å². The fourth-order valence-corrected chi connectivity index (χ4v) is 2.47. The van der Waals surface area contributed by atoms with Gasteiger partial charge in [-0.05, 0) is 24.3 Å². The molecule has 1 aliphatic rings. The van der Waals surface area contributed by atoms with Crippen LogP contribution in [0.25, 0.3) is 22.6 Å². The monoisotopic (exact) mass is 320 g/mol. The number of oxazole rings is 1. The minimum Gasteiger partial charge on any atom is -0.487 e. The van der Waals surface area contributed by atoms with Gasteiger partial charge < -0.3 is 14.1 Å². The van der Waals surface area contributed by atoms with Crippen LogP contribution in [0.4, 0.5) is 0 Å². The Hall–Kier alpha value is -3.15. The Labute approximate surface area is 139 Å². The highest BCUT2D eigenvalue weighted by molar-refractivity contribution is 5.77. The lowest BCUT2D eigenvalue weighted by Gasteiger charge is -2.17. The number of aliphatic imine (C=N–C) groups is 1. The summed E-state index contributed by atoms with van der Waals surface area (Å²) in [5.41, 5.74) is 3.21. The Morgan fingerprint density at radius 1 is 1.29 bits per heavy atom.